The number of aromatic nitrogens is 3. The van der Waals surface area contributed by atoms with Gasteiger partial charge in [-0.05, 0) is 94.9 Å². The summed E-state index contributed by atoms with van der Waals surface area (Å²) in [6.07, 6.45) is 9.17. The van der Waals surface area contributed by atoms with E-state index in [1.165, 1.54) is 53.5 Å². The number of hydrogen-bond donors (Lipinski definition) is 0. The van der Waals surface area contributed by atoms with Crippen LogP contribution >= 0.6 is 0 Å². The van der Waals surface area contributed by atoms with Crippen molar-refractivity contribution in [1.29, 1.82) is 0 Å². The number of rotatable bonds is 8. The molecule has 6 heteroatoms. The largest absolute Gasteiger partial charge is 0.486 e. The number of nitrogens with zero attached hydrogens (tertiary/aromatic N) is 3. The number of aryl methyl sites for hydroxylation is 2. The fourth-order valence-corrected chi connectivity index (χ4v) is 9.64. The zero-order valence-electron chi connectivity index (χ0n) is 37.9. The molecule has 1 fully saturated rings. The van der Waals surface area contributed by atoms with Crippen molar-refractivity contribution in [3.63, 3.8) is 0 Å². The van der Waals surface area contributed by atoms with E-state index in [1.807, 2.05) is 63.4 Å². The van der Waals surface area contributed by atoms with Gasteiger partial charge in [-0.3, -0.25) is 0 Å². The second kappa shape index (κ2) is 18.0. The number of benzene rings is 3. The fourth-order valence-electron chi connectivity index (χ4n) is 8.24. The molecule has 7 aromatic rings. The van der Waals surface area contributed by atoms with Crippen molar-refractivity contribution in [3.05, 3.63) is 131 Å². The van der Waals surface area contributed by atoms with Gasteiger partial charge in [0, 0.05) is 46.2 Å². The van der Waals surface area contributed by atoms with Gasteiger partial charge in [0.25, 0.3) is 0 Å². The van der Waals surface area contributed by atoms with E-state index in [1.54, 1.807) is 0 Å². The number of furan rings is 1. The summed E-state index contributed by atoms with van der Waals surface area (Å²) in [6.45, 7) is 21.4. The van der Waals surface area contributed by atoms with Crippen LogP contribution in [0.2, 0.25) is 19.6 Å². The van der Waals surface area contributed by atoms with Gasteiger partial charge >= 0.3 is 0 Å². The third-order valence-corrected chi connectivity index (χ3v) is 13.1. The Hall–Kier alpha value is -4.22. The Kier molecular flexibility index (Phi) is 12.6. The molecule has 0 aliphatic heterocycles. The van der Waals surface area contributed by atoms with Crippen molar-refractivity contribution >= 4 is 35.3 Å². The van der Waals surface area contributed by atoms with Crippen LogP contribution in [0, 0.1) is 37.3 Å². The predicted octanol–water partition coefficient (Wildman–Crippen LogP) is 13.7. The first kappa shape index (κ1) is 40.6. The van der Waals surface area contributed by atoms with Crippen molar-refractivity contribution in [3.8, 4) is 33.8 Å². The Morgan fingerprint density at radius 2 is 1.50 bits per heavy atom. The van der Waals surface area contributed by atoms with Crippen LogP contribution in [0.1, 0.15) is 96.8 Å². The Balaban J connectivity index is 0.000000219. The van der Waals surface area contributed by atoms with Crippen molar-refractivity contribution in [1.82, 2.24) is 15.0 Å². The summed E-state index contributed by atoms with van der Waals surface area (Å²) in [7, 11) is -1.70. The number of pyridine rings is 3. The molecule has 0 saturated heterocycles. The Morgan fingerprint density at radius 3 is 2.16 bits per heavy atom. The average molecular weight is 964 g/mol. The Labute approximate surface area is 364 Å². The quantitative estimate of drug-likeness (QED) is 0.112. The molecule has 0 amide bonds. The van der Waals surface area contributed by atoms with E-state index >= 15 is 0 Å². The van der Waals surface area contributed by atoms with Crippen LogP contribution in [0.25, 0.3) is 55.8 Å². The molecule has 0 bridgehead atoms. The molecule has 0 unspecified atom stereocenters. The molecule has 0 spiro atoms. The van der Waals surface area contributed by atoms with E-state index in [0.717, 1.165) is 67.7 Å². The Morgan fingerprint density at radius 1 is 0.810 bits per heavy atom. The van der Waals surface area contributed by atoms with Crippen LogP contribution in [0.3, 0.4) is 0 Å². The van der Waals surface area contributed by atoms with E-state index in [0.29, 0.717) is 11.6 Å². The molecular weight excluding hydrogens is 903 g/mol. The first-order valence-electron chi connectivity index (χ1n) is 21.7. The summed E-state index contributed by atoms with van der Waals surface area (Å²) in [5, 5.41) is 3.18. The van der Waals surface area contributed by atoms with Crippen molar-refractivity contribution in [2.24, 2.45) is 11.3 Å². The maximum Gasteiger partial charge on any atom is 0.216 e. The third kappa shape index (κ3) is 9.96. The SMILES string of the molecule is Cc1cccc(C)c1-c1ccc2c(n1)oc1c[c-]c(-c3cc(CC4CCCC4)c(C(C)C)cn3)cc12.[2H]C([2H])(c1cc(-c2[c-]cccc2)ncc1[Si](C)(C)C)C(C)(C)C.[Ir]. The first-order chi connectivity index (χ1) is 27.9. The molecule has 1 aliphatic rings. The van der Waals surface area contributed by atoms with Gasteiger partial charge in [-0.25, -0.2) is 4.98 Å². The molecule has 58 heavy (non-hydrogen) atoms. The zero-order chi connectivity index (χ0) is 42.3. The summed E-state index contributed by atoms with van der Waals surface area (Å²) in [5.41, 5.74) is 12.9. The first-order valence-corrected chi connectivity index (χ1v) is 24.2. The minimum atomic E-state index is -1.70. The fraction of sp³-hybridized carbons (Fsp3) is 0.365. The second-order valence-corrected chi connectivity index (χ2v) is 23.4. The topological polar surface area (TPSA) is 51.8 Å². The minimum Gasteiger partial charge on any atom is -0.486 e. The van der Waals surface area contributed by atoms with Crippen LogP contribution in [0.4, 0.5) is 0 Å². The maximum atomic E-state index is 8.75. The smallest absolute Gasteiger partial charge is 0.216 e. The van der Waals surface area contributed by atoms with Gasteiger partial charge in [-0.2, -0.15) is 0 Å². The van der Waals surface area contributed by atoms with Gasteiger partial charge in [0.05, 0.1) is 19.4 Å². The summed E-state index contributed by atoms with van der Waals surface area (Å²) in [6, 6.07) is 33.3. The van der Waals surface area contributed by atoms with Crippen LogP contribution in [-0.4, -0.2) is 23.0 Å². The van der Waals surface area contributed by atoms with Crippen molar-refractivity contribution < 1.29 is 27.3 Å². The zero-order valence-corrected chi connectivity index (χ0v) is 39.3. The second-order valence-electron chi connectivity index (χ2n) is 18.3. The van der Waals surface area contributed by atoms with Gasteiger partial charge in [-0.1, -0.05) is 121 Å². The third-order valence-electron chi connectivity index (χ3n) is 11.1. The summed E-state index contributed by atoms with van der Waals surface area (Å²) < 4.78 is 23.7. The van der Waals surface area contributed by atoms with Gasteiger partial charge in [0.15, 0.2) is 0 Å². The van der Waals surface area contributed by atoms with Gasteiger partial charge in [0.1, 0.15) is 0 Å². The van der Waals surface area contributed by atoms with Gasteiger partial charge in [0.2, 0.25) is 5.71 Å². The molecule has 4 nitrogen and oxygen atoms in total. The normalized spacial score (nSPS) is 14.3. The molecule has 0 N–H and O–H groups in total. The van der Waals surface area contributed by atoms with Crippen molar-refractivity contribution in [2.75, 3.05) is 0 Å². The summed E-state index contributed by atoms with van der Waals surface area (Å²) in [4.78, 5) is 14.4. The maximum absolute atomic E-state index is 8.75. The molecule has 1 aliphatic carbocycles. The van der Waals surface area contributed by atoms with Gasteiger partial charge in [-0.15, -0.1) is 59.7 Å². The van der Waals surface area contributed by atoms with Crippen LogP contribution in [0.5, 0.6) is 0 Å². The molecule has 8 rings (SSSR count). The molecule has 303 valence electrons. The Bertz CT molecular complexity index is 2580. The molecule has 1 saturated carbocycles. The van der Waals surface area contributed by atoms with Crippen LogP contribution in [0.15, 0.2) is 95.7 Å². The molecule has 1 radical (unpaired) electrons. The summed E-state index contributed by atoms with van der Waals surface area (Å²) in [5.74, 6) is 1.28. The van der Waals surface area contributed by atoms with Crippen molar-refractivity contribution in [2.45, 2.75) is 113 Å². The molecular formula is C52H59IrN3OSi-2. The molecule has 3 aromatic carbocycles. The molecule has 0 atom stereocenters. The van der Waals surface area contributed by atoms with E-state index in [4.69, 9.17) is 17.1 Å². The summed E-state index contributed by atoms with van der Waals surface area (Å²) >= 11 is 0. The minimum absolute atomic E-state index is 0. The number of fused-ring (bicyclic) bond motifs is 3. The predicted molar refractivity (Wildman–Crippen MR) is 243 cm³/mol. The average Bonchev–Trinajstić information content (AvgIpc) is 3.84. The standard InChI is InChI=1S/C33H33N2O.C19H26NSi.Ir/c1-20(2)28-19-34-30(18-25(28)16-23-10-5-6-11-23)24-12-15-31-27(17-24)26-13-14-29(35-33(26)36-31)32-21(3)8-7-9-22(32)4;1-19(2,3)13-16-12-17(15-10-8-7-9-11-15)20-14-18(16)21(4,5)6;/h7-9,13-15,17-20,23H,5-6,10-11,16H2,1-4H3;7-10,12,14H,13H2,1-6H3;/q2*-1;/i;13D2;. The van der Waals surface area contributed by atoms with E-state index in [-0.39, 0.29) is 20.1 Å². The number of hydrogen-bond acceptors (Lipinski definition) is 4. The van der Waals surface area contributed by atoms with Gasteiger partial charge < -0.3 is 14.4 Å². The van der Waals surface area contributed by atoms with E-state index in [2.05, 4.69) is 113 Å². The molecule has 4 heterocycles. The van der Waals surface area contributed by atoms with Crippen LogP contribution in [-0.2, 0) is 32.9 Å². The monoisotopic (exact) mass is 964 g/mol. The molecule has 4 aromatic heterocycles. The van der Waals surface area contributed by atoms with E-state index < -0.39 is 19.9 Å². The van der Waals surface area contributed by atoms with E-state index in [9.17, 15) is 0 Å². The van der Waals surface area contributed by atoms with Crippen LogP contribution < -0.4 is 5.19 Å².